The lowest BCUT2D eigenvalue weighted by molar-refractivity contribution is -0.136. The zero-order chi connectivity index (χ0) is 29.5. The highest BCUT2D eigenvalue weighted by molar-refractivity contribution is 6.24. The van der Waals surface area contributed by atoms with Crippen LogP contribution in [0.25, 0.3) is 11.3 Å². The monoisotopic (exact) mass is 580 g/mol. The maximum Gasteiger partial charge on any atom is 0.262 e. The van der Waals surface area contributed by atoms with Crippen molar-refractivity contribution in [2.24, 2.45) is 0 Å². The Morgan fingerprint density at radius 3 is 2.26 bits per heavy atom. The summed E-state index contributed by atoms with van der Waals surface area (Å²) in [5.74, 6) is -1.85. The molecule has 1 atom stereocenters. The summed E-state index contributed by atoms with van der Waals surface area (Å²) in [7, 11) is 0. The van der Waals surface area contributed by atoms with E-state index >= 15 is 0 Å². The molecule has 7 rings (SSSR count). The highest BCUT2D eigenvalue weighted by atomic mass is 16.2. The number of nitrogens with one attached hydrogen (secondary N) is 1. The Kier molecular flexibility index (Phi) is 7.40. The van der Waals surface area contributed by atoms with Crippen molar-refractivity contribution in [2.75, 3.05) is 26.2 Å². The van der Waals surface area contributed by atoms with E-state index in [0.717, 1.165) is 73.6 Å². The van der Waals surface area contributed by atoms with Gasteiger partial charge in [-0.2, -0.15) is 5.10 Å². The number of piperazine rings is 1. The Balaban J connectivity index is 0.938. The predicted molar refractivity (Wildman–Crippen MR) is 159 cm³/mol. The SMILES string of the molecule is O=C1CCC(N2C(=O)c3cccc(CN4CCN(C5CCC(n6ccc(-c7ccccc7)n6)CC5)CC4)c3C2=O)C(=O)N1. The third kappa shape index (κ3) is 5.29. The van der Waals surface area contributed by atoms with Gasteiger partial charge < -0.3 is 0 Å². The van der Waals surface area contributed by atoms with Crippen LogP contribution in [-0.4, -0.2) is 86.4 Å². The summed E-state index contributed by atoms with van der Waals surface area (Å²) in [5, 5.41) is 7.14. The van der Waals surface area contributed by atoms with Crippen molar-refractivity contribution in [2.45, 2.75) is 63.2 Å². The number of hydrogen-bond acceptors (Lipinski definition) is 7. The number of aromatic nitrogens is 2. The summed E-state index contributed by atoms with van der Waals surface area (Å²) >= 11 is 0. The average Bonchev–Trinajstić information content (AvgIpc) is 3.62. The summed E-state index contributed by atoms with van der Waals surface area (Å²) < 4.78 is 2.15. The minimum Gasteiger partial charge on any atom is -0.298 e. The number of benzene rings is 2. The van der Waals surface area contributed by atoms with Crippen LogP contribution in [0.2, 0.25) is 0 Å². The molecule has 1 aromatic heterocycles. The van der Waals surface area contributed by atoms with Gasteiger partial charge in [-0.1, -0.05) is 42.5 Å². The van der Waals surface area contributed by atoms with Gasteiger partial charge in [0.15, 0.2) is 0 Å². The molecule has 2 aromatic carbocycles. The molecule has 1 N–H and O–H groups in total. The van der Waals surface area contributed by atoms with Gasteiger partial charge in [-0.05, 0) is 49.8 Å². The molecule has 1 aliphatic carbocycles. The van der Waals surface area contributed by atoms with E-state index in [-0.39, 0.29) is 18.7 Å². The van der Waals surface area contributed by atoms with Crippen molar-refractivity contribution < 1.29 is 19.2 Å². The Bertz CT molecular complexity index is 1550. The molecule has 222 valence electrons. The second-order valence-electron chi connectivity index (χ2n) is 12.1. The number of nitrogens with zero attached hydrogens (tertiary/aromatic N) is 5. The summed E-state index contributed by atoms with van der Waals surface area (Å²) in [4.78, 5) is 56.7. The minimum absolute atomic E-state index is 0.112. The molecule has 10 heteroatoms. The molecule has 1 saturated carbocycles. The number of amides is 4. The van der Waals surface area contributed by atoms with Gasteiger partial charge in [0.25, 0.3) is 11.8 Å². The fraction of sp³-hybridized carbons (Fsp3) is 0.424. The van der Waals surface area contributed by atoms with Crippen LogP contribution in [0, 0.1) is 0 Å². The number of imide groups is 2. The molecular formula is C33H36N6O4. The molecule has 0 radical (unpaired) electrons. The first kappa shape index (κ1) is 27.7. The molecule has 3 aliphatic heterocycles. The van der Waals surface area contributed by atoms with Gasteiger partial charge in [-0.15, -0.1) is 0 Å². The van der Waals surface area contributed by atoms with Crippen LogP contribution in [0.5, 0.6) is 0 Å². The van der Waals surface area contributed by atoms with Crippen LogP contribution in [0.4, 0.5) is 0 Å². The molecular weight excluding hydrogens is 544 g/mol. The lowest BCUT2D eigenvalue weighted by Gasteiger charge is -2.42. The molecule has 0 bridgehead atoms. The fourth-order valence-corrected chi connectivity index (χ4v) is 7.24. The third-order valence-electron chi connectivity index (χ3n) is 9.59. The van der Waals surface area contributed by atoms with Gasteiger partial charge in [0.1, 0.15) is 6.04 Å². The molecule has 3 fully saturated rings. The van der Waals surface area contributed by atoms with E-state index in [2.05, 4.69) is 44.2 Å². The van der Waals surface area contributed by atoms with Gasteiger partial charge in [0.2, 0.25) is 11.8 Å². The molecule has 3 aromatic rings. The van der Waals surface area contributed by atoms with Crippen molar-refractivity contribution in [1.82, 2.24) is 29.8 Å². The number of fused-ring (bicyclic) bond motifs is 1. The first-order valence-electron chi connectivity index (χ1n) is 15.4. The number of hydrogen-bond donors (Lipinski definition) is 1. The molecule has 4 heterocycles. The van der Waals surface area contributed by atoms with Crippen molar-refractivity contribution in [3.05, 3.63) is 77.5 Å². The Labute approximate surface area is 250 Å². The van der Waals surface area contributed by atoms with Crippen molar-refractivity contribution in [1.29, 1.82) is 0 Å². The van der Waals surface area contributed by atoms with Crippen LogP contribution >= 0.6 is 0 Å². The van der Waals surface area contributed by atoms with Gasteiger partial charge in [0.05, 0.1) is 22.9 Å². The average molecular weight is 581 g/mol. The second-order valence-corrected chi connectivity index (χ2v) is 12.1. The van der Waals surface area contributed by atoms with Gasteiger partial charge in [0, 0.05) is 56.9 Å². The van der Waals surface area contributed by atoms with Crippen LogP contribution in [0.1, 0.15) is 70.8 Å². The van der Waals surface area contributed by atoms with E-state index in [1.807, 2.05) is 30.3 Å². The van der Waals surface area contributed by atoms with Crippen molar-refractivity contribution in [3.63, 3.8) is 0 Å². The van der Waals surface area contributed by atoms with Crippen molar-refractivity contribution >= 4 is 23.6 Å². The maximum atomic E-state index is 13.5. The summed E-state index contributed by atoms with van der Waals surface area (Å²) in [6, 6.07) is 17.9. The standard InChI is InChI=1S/C33H36N6O4/c40-29-14-13-28(31(41)34-29)39-32(42)26-8-4-7-23(30(26)33(39)43)21-36-17-19-37(20-18-36)24-9-11-25(12-10-24)38-16-15-27(35-38)22-5-2-1-3-6-22/h1-8,15-16,24-25,28H,9-14,17-21H2,(H,34,40,41). The second kappa shape index (κ2) is 11.5. The zero-order valence-corrected chi connectivity index (χ0v) is 24.2. The van der Waals surface area contributed by atoms with E-state index < -0.39 is 23.8 Å². The first-order valence-corrected chi connectivity index (χ1v) is 15.4. The first-order chi connectivity index (χ1) is 21.0. The van der Waals surface area contributed by atoms with Crippen LogP contribution in [0.15, 0.2) is 60.8 Å². The van der Waals surface area contributed by atoms with Crippen LogP contribution < -0.4 is 5.32 Å². The molecule has 2 saturated heterocycles. The van der Waals surface area contributed by atoms with E-state index in [1.54, 1.807) is 6.07 Å². The Morgan fingerprint density at radius 1 is 0.767 bits per heavy atom. The molecule has 43 heavy (non-hydrogen) atoms. The summed E-state index contributed by atoms with van der Waals surface area (Å²) in [6.07, 6.45) is 6.95. The van der Waals surface area contributed by atoms with Gasteiger partial charge in [-0.25, -0.2) is 0 Å². The number of carbonyl (C=O) groups is 4. The smallest absolute Gasteiger partial charge is 0.262 e. The Hall–Kier alpha value is -4.15. The third-order valence-corrected chi connectivity index (χ3v) is 9.59. The molecule has 0 spiro atoms. The summed E-state index contributed by atoms with van der Waals surface area (Å²) in [5.41, 5.74) is 3.73. The maximum absolute atomic E-state index is 13.5. The largest absolute Gasteiger partial charge is 0.298 e. The quantitative estimate of drug-likeness (QED) is 0.446. The lowest BCUT2D eigenvalue weighted by Crippen LogP contribution is -2.54. The van der Waals surface area contributed by atoms with E-state index in [0.29, 0.717) is 29.8 Å². The summed E-state index contributed by atoms with van der Waals surface area (Å²) in [6.45, 7) is 4.30. The highest BCUT2D eigenvalue weighted by Gasteiger charge is 2.45. The minimum atomic E-state index is -0.948. The molecule has 10 nitrogen and oxygen atoms in total. The molecule has 4 amide bonds. The fourth-order valence-electron chi connectivity index (χ4n) is 7.24. The topological polar surface area (TPSA) is 108 Å². The van der Waals surface area contributed by atoms with E-state index in [9.17, 15) is 19.2 Å². The van der Waals surface area contributed by atoms with Crippen LogP contribution in [0.3, 0.4) is 0 Å². The number of rotatable bonds is 6. The van der Waals surface area contributed by atoms with Crippen LogP contribution in [-0.2, 0) is 16.1 Å². The van der Waals surface area contributed by atoms with Gasteiger partial charge in [-0.3, -0.25) is 43.9 Å². The lowest BCUT2D eigenvalue weighted by atomic mass is 9.90. The van der Waals surface area contributed by atoms with Gasteiger partial charge >= 0.3 is 0 Å². The predicted octanol–water partition coefficient (Wildman–Crippen LogP) is 3.25. The zero-order valence-electron chi connectivity index (χ0n) is 24.2. The van der Waals surface area contributed by atoms with E-state index in [4.69, 9.17) is 5.10 Å². The van der Waals surface area contributed by atoms with Crippen molar-refractivity contribution in [3.8, 4) is 11.3 Å². The highest BCUT2D eigenvalue weighted by Crippen LogP contribution is 2.33. The molecule has 1 unspecified atom stereocenters. The van der Waals surface area contributed by atoms with E-state index in [1.165, 1.54) is 0 Å². The number of carbonyl (C=O) groups excluding carboxylic acids is 4. The number of piperidine rings is 1. The Morgan fingerprint density at radius 2 is 1.51 bits per heavy atom. The normalized spacial score (nSPS) is 25.2. The molecule has 4 aliphatic rings.